The van der Waals surface area contributed by atoms with Gasteiger partial charge in [-0.15, -0.1) is 0 Å². The fourth-order valence-electron chi connectivity index (χ4n) is 2.21. The van der Waals surface area contributed by atoms with Gasteiger partial charge >= 0.3 is 5.97 Å². The van der Waals surface area contributed by atoms with E-state index in [2.05, 4.69) is 5.16 Å². The first-order valence-corrected chi connectivity index (χ1v) is 7.60. The second-order valence-electron chi connectivity index (χ2n) is 5.34. The smallest absolute Gasteiger partial charge is 0.312 e. The highest BCUT2D eigenvalue weighted by Crippen LogP contribution is 2.14. The van der Waals surface area contributed by atoms with Crippen LogP contribution in [-0.2, 0) is 4.84 Å². The first-order chi connectivity index (χ1) is 12.5. The lowest BCUT2D eigenvalue weighted by atomic mass is 10.0. The lowest BCUT2D eigenvalue weighted by Crippen LogP contribution is -2.08. The van der Waals surface area contributed by atoms with Crippen LogP contribution in [0.1, 0.15) is 21.5 Å². The molecular weight excluding hydrogens is 343 g/mol. The molecule has 0 saturated heterocycles. The summed E-state index contributed by atoms with van der Waals surface area (Å²) < 4.78 is 39.3. The zero-order chi connectivity index (χ0) is 18.5. The molecule has 0 atom stereocenters. The summed E-state index contributed by atoms with van der Waals surface area (Å²) in [7, 11) is 0. The lowest BCUT2D eigenvalue weighted by Gasteiger charge is -2.07. The van der Waals surface area contributed by atoms with Crippen molar-refractivity contribution in [1.82, 2.24) is 0 Å². The second-order valence-corrected chi connectivity index (χ2v) is 5.34. The fourth-order valence-corrected chi connectivity index (χ4v) is 2.21. The van der Waals surface area contributed by atoms with Crippen molar-refractivity contribution in [3.8, 4) is 0 Å². The van der Waals surface area contributed by atoms with Gasteiger partial charge in [-0.1, -0.05) is 5.16 Å². The molecule has 3 aromatic carbocycles. The maximum absolute atomic E-state index is 13.2. The highest BCUT2D eigenvalue weighted by Gasteiger charge is 2.12. The number of nitrogens with zero attached hydrogens (tertiary/aromatic N) is 1. The number of rotatable bonds is 4. The lowest BCUT2D eigenvalue weighted by molar-refractivity contribution is 0.0517. The summed E-state index contributed by atoms with van der Waals surface area (Å²) in [5.74, 6) is -2.14. The van der Waals surface area contributed by atoms with Crippen LogP contribution >= 0.6 is 0 Å². The Hall–Kier alpha value is -3.41. The molecule has 0 heterocycles. The summed E-state index contributed by atoms with van der Waals surface area (Å²) in [4.78, 5) is 17.0. The average Bonchev–Trinajstić information content (AvgIpc) is 2.65. The van der Waals surface area contributed by atoms with Crippen LogP contribution in [0.3, 0.4) is 0 Å². The summed E-state index contributed by atoms with van der Waals surface area (Å²) in [5, 5.41) is 3.85. The van der Waals surface area contributed by atoms with Crippen molar-refractivity contribution in [2.24, 2.45) is 5.16 Å². The molecule has 26 heavy (non-hydrogen) atoms. The molecule has 0 radical (unpaired) electrons. The van der Waals surface area contributed by atoms with Gasteiger partial charge in [0.15, 0.2) is 0 Å². The average molecular weight is 355 g/mol. The maximum Gasteiger partial charge on any atom is 0.365 e. The third-order valence-electron chi connectivity index (χ3n) is 3.54. The van der Waals surface area contributed by atoms with Gasteiger partial charge < -0.3 is 4.84 Å². The number of hydrogen-bond donors (Lipinski definition) is 0. The summed E-state index contributed by atoms with van der Waals surface area (Å²) in [6.45, 7) is 0. The molecule has 130 valence electrons. The number of carbonyl (C=O) groups excluding carboxylic acids is 1. The molecule has 0 aliphatic carbocycles. The normalized spacial score (nSPS) is 10.3. The Morgan fingerprint density at radius 3 is 1.35 bits per heavy atom. The third-order valence-corrected chi connectivity index (χ3v) is 3.54. The maximum atomic E-state index is 13.2. The standard InChI is InChI=1S/C20H12F3NO2/c21-16-7-1-13(2-8-16)19(14-3-9-17(22)10-4-14)24-26-20(25)15-5-11-18(23)12-6-15/h1-12H. The molecule has 0 aromatic heterocycles. The van der Waals surface area contributed by atoms with E-state index in [1.165, 1.54) is 60.7 Å². The van der Waals surface area contributed by atoms with Gasteiger partial charge in [0.05, 0.1) is 5.56 Å². The number of halogens is 3. The highest BCUT2D eigenvalue weighted by molar-refractivity contribution is 6.12. The Balaban J connectivity index is 1.93. The molecule has 0 aliphatic heterocycles. The molecule has 3 nitrogen and oxygen atoms in total. The molecule has 6 heteroatoms. The monoisotopic (exact) mass is 355 g/mol. The second kappa shape index (κ2) is 7.65. The summed E-state index contributed by atoms with van der Waals surface area (Å²) in [5.41, 5.74) is 1.29. The van der Waals surface area contributed by atoms with Crippen molar-refractivity contribution >= 4 is 11.7 Å². The zero-order valence-electron chi connectivity index (χ0n) is 13.3. The van der Waals surface area contributed by atoms with Crippen LogP contribution in [-0.4, -0.2) is 11.7 Å². The summed E-state index contributed by atoms with van der Waals surface area (Å²) in [6, 6.07) is 15.6. The molecule has 0 amide bonds. The Kier molecular flexibility index (Phi) is 5.12. The van der Waals surface area contributed by atoms with Gasteiger partial charge in [0.2, 0.25) is 0 Å². The summed E-state index contributed by atoms with van der Waals surface area (Å²) >= 11 is 0. The van der Waals surface area contributed by atoms with Crippen molar-refractivity contribution in [2.45, 2.75) is 0 Å². The van der Waals surface area contributed by atoms with Crippen LogP contribution in [0.5, 0.6) is 0 Å². The SMILES string of the molecule is O=C(ON=C(c1ccc(F)cc1)c1ccc(F)cc1)c1ccc(F)cc1. The van der Waals surface area contributed by atoms with Crippen molar-refractivity contribution in [2.75, 3.05) is 0 Å². The molecule has 3 rings (SSSR count). The van der Waals surface area contributed by atoms with E-state index in [4.69, 9.17) is 4.84 Å². The minimum Gasteiger partial charge on any atom is -0.312 e. The van der Waals surface area contributed by atoms with Gasteiger partial charge in [0.1, 0.15) is 23.2 Å². The van der Waals surface area contributed by atoms with Crippen molar-refractivity contribution in [3.63, 3.8) is 0 Å². The minimum atomic E-state index is -0.785. The van der Waals surface area contributed by atoms with E-state index >= 15 is 0 Å². The predicted octanol–water partition coefficient (Wildman–Crippen LogP) is 4.71. The van der Waals surface area contributed by atoms with Gasteiger partial charge in [-0.2, -0.15) is 0 Å². The molecule has 0 aliphatic rings. The van der Waals surface area contributed by atoms with E-state index in [1.807, 2.05) is 0 Å². The van der Waals surface area contributed by atoms with Gasteiger partial charge in [-0.05, 0) is 72.8 Å². The molecule has 0 bridgehead atoms. The van der Waals surface area contributed by atoms with Crippen molar-refractivity contribution in [3.05, 3.63) is 107 Å². The van der Waals surface area contributed by atoms with Crippen LogP contribution in [0.2, 0.25) is 0 Å². The molecule has 0 fully saturated rings. The van der Waals surface area contributed by atoms with Crippen LogP contribution in [0, 0.1) is 17.5 Å². The van der Waals surface area contributed by atoms with E-state index in [0.29, 0.717) is 11.1 Å². The fraction of sp³-hybridized carbons (Fsp3) is 0. The molecule has 0 N–H and O–H groups in total. The number of oxime groups is 1. The highest BCUT2D eigenvalue weighted by atomic mass is 19.1. The molecule has 0 unspecified atom stereocenters. The number of carbonyl (C=O) groups is 1. The van der Waals surface area contributed by atoms with Crippen LogP contribution in [0.4, 0.5) is 13.2 Å². The minimum absolute atomic E-state index is 0.118. The van der Waals surface area contributed by atoms with Gasteiger partial charge in [-0.25, -0.2) is 18.0 Å². The van der Waals surface area contributed by atoms with Gasteiger partial charge in [0, 0.05) is 11.1 Å². The van der Waals surface area contributed by atoms with Crippen molar-refractivity contribution in [1.29, 1.82) is 0 Å². The van der Waals surface area contributed by atoms with Crippen molar-refractivity contribution < 1.29 is 22.8 Å². The molecule has 0 spiro atoms. The predicted molar refractivity (Wildman–Crippen MR) is 90.3 cm³/mol. The van der Waals surface area contributed by atoms with E-state index in [9.17, 15) is 18.0 Å². The molecule has 0 saturated carbocycles. The first-order valence-electron chi connectivity index (χ1n) is 7.60. The molecule has 3 aromatic rings. The van der Waals surface area contributed by atoms with E-state index in [1.54, 1.807) is 0 Å². The van der Waals surface area contributed by atoms with E-state index in [0.717, 1.165) is 12.1 Å². The third kappa shape index (κ3) is 4.16. The Bertz CT molecular complexity index is 887. The Morgan fingerprint density at radius 1 is 0.615 bits per heavy atom. The Labute approximate surface area is 147 Å². The van der Waals surface area contributed by atoms with Gasteiger partial charge in [0.25, 0.3) is 0 Å². The Morgan fingerprint density at radius 2 is 0.962 bits per heavy atom. The van der Waals surface area contributed by atoms with E-state index in [-0.39, 0.29) is 11.3 Å². The quantitative estimate of drug-likeness (QED) is 0.386. The number of benzene rings is 3. The first kappa shape index (κ1) is 17.4. The van der Waals surface area contributed by atoms with Gasteiger partial charge in [-0.3, -0.25) is 0 Å². The number of hydrogen-bond acceptors (Lipinski definition) is 3. The zero-order valence-corrected chi connectivity index (χ0v) is 13.3. The van der Waals surface area contributed by atoms with E-state index < -0.39 is 23.4 Å². The van der Waals surface area contributed by atoms with Crippen LogP contribution < -0.4 is 0 Å². The largest absolute Gasteiger partial charge is 0.365 e. The molecular formula is C20H12F3NO2. The topological polar surface area (TPSA) is 38.7 Å². The van der Waals surface area contributed by atoms with Crippen LogP contribution in [0.15, 0.2) is 78.0 Å². The summed E-state index contributed by atoms with van der Waals surface area (Å²) in [6.07, 6.45) is 0. The van der Waals surface area contributed by atoms with Crippen LogP contribution in [0.25, 0.3) is 0 Å².